The van der Waals surface area contributed by atoms with E-state index < -0.39 is 17.4 Å². The Kier molecular flexibility index (Phi) is 9.19. The van der Waals surface area contributed by atoms with Crippen LogP contribution in [0.15, 0.2) is 103 Å². The molecule has 5 aromatic rings. The maximum Gasteiger partial charge on any atom is -0.147 e. The van der Waals surface area contributed by atoms with E-state index in [0.29, 0.717) is 7.25 Å². The van der Waals surface area contributed by atoms with Crippen LogP contribution in [0, 0.1) is 0 Å². The smallest absolute Gasteiger partial charge is 0.147 e. The molecule has 0 fully saturated rings. The first-order valence-corrected chi connectivity index (χ1v) is 30.4. The van der Waals surface area contributed by atoms with E-state index in [4.69, 9.17) is 0 Å². The van der Waals surface area contributed by atoms with E-state index in [-0.39, 0.29) is 35.6 Å². The van der Waals surface area contributed by atoms with Crippen LogP contribution in [0.2, 0.25) is 9.26 Å². The molecular weight excluding hydrogens is 707 g/mol. The molecule has 4 heteroatoms. The SMILES string of the molecule is CC1=Cc2c(-c3cccc4ccccc34)cccc2[CH]1[Zr]([CH3])([CH3])(=[SiH2])[CH]1c2cc(C(C)(C)C)ccc2-c2ccc(C(C)(C)C)cc21.Cl.Cl. The summed E-state index contributed by atoms with van der Waals surface area (Å²) in [6, 6.07) is 37.6. The molecule has 0 heterocycles. The number of hydrogen-bond acceptors (Lipinski definition) is 0. The molecule has 1 atom stereocenters. The van der Waals surface area contributed by atoms with Crippen LogP contribution < -0.4 is 0 Å². The predicted octanol–water partition coefficient (Wildman–Crippen LogP) is 12.5. The third-order valence-corrected chi connectivity index (χ3v) is 28.6. The summed E-state index contributed by atoms with van der Waals surface area (Å²) in [4.78, 5) is 0. The normalized spacial score (nSPS) is 16.1. The second kappa shape index (κ2) is 12.0. The van der Waals surface area contributed by atoms with Crippen LogP contribution in [0.1, 0.15) is 89.1 Å². The number of fused-ring (bicyclic) bond motifs is 5. The van der Waals surface area contributed by atoms with Crippen LogP contribution in [0.25, 0.3) is 39.1 Å². The molecule has 0 aromatic heterocycles. The van der Waals surface area contributed by atoms with Gasteiger partial charge in [0.05, 0.1) is 0 Å². The van der Waals surface area contributed by atoms with Gasteiger partial charge in [0.15, 0.2) is 0 Å². The van der Waals surface area contributed by atoms with E-state index in [0.717, 1.165) is 0 Å². The van der Waals surface area contributed by atoms with Crippen LogP contribution >= 0.6 is 24.8 Å². The van der Waals surface area contributed by atoms with Gasteiger partial charge in [0.1, 0.15) is 0 Å². The second-order valence-electron chi connectivity index (χ2n) is 17.1. The van der Waals surface area contributed by atoms with Gasteiger partial charge in [-0.15, -0.1) is 24.8 Å². The summed E-state index contributed by atoms with van der Waals surface area (Å²) in [5, 5.41) is 2.64. The number of rotatable bonds is 3. The molecule has 0 spiro atoms. The van der Waals surface area contributed by atoms with Crippen LogP contribution in [0.5, 0.6) is 0 Å². The van der Waals surface area contributed by atoms with Crippen LogP contribution in [-0.4, -0.2) is 6.88 Å². The molecule has 0 amide bonds. The third kappa shape index (κ3) is 5.80. The number of benzene rings is 5. The minimum atomic E-state index is -3.78. The van der Waals surface area contributed by atoms with E-state index in [1.165, 1.54) is 49.7 Å². The van der Waals surface area contributed by atoms with Crippen molar-refractivity contribution in [1.29, 1.82) is 0 Å². The minimum Gasteiger partial charge on any atom is -0.147 e. The van der Waals surface area contributed by atoms with Crippen LogP contribution in [-0.2, 0) is 28.2 Å². The first-order valence-electron chi connectivity index (χ1n) is 16.7. The largest absolute Gasteiger partial charge is 0.147 e. The zero-order valence-corrected chi connectivity index (χ0v) is 35.0. The maximum atomic E-state index is 2.78. The average molecular weight is 757 g/mol. The zero-order valence-electron chi connectivity index (χ0n) is 29.5. The van der Waals surface area contributed by atoms with Crippen molar-refractivity contribution >= 4 is 48.5 Å². The topological polar surface area (TPSA) is 0 Å². The summed E-state index contributed by atoms with van der Waals surface area (Å²) in [6.07, 6.45) is 2.55. The third-order valence-electron chi connectivity index (χ3n) is 11.0. The molecule has 1 unspecified atom stereocenters. The maximum absolute atomic E-state index is 3.78. The van der Waals surface area contributed by atoms with Gasteiger partial charge in [-0.1, -0.05) is 0 Å². The van der Waals surface area contributed by atoms with Crippen molar-refractivity contribution in [2.75, 3.05) is 0 Å². The van der Waals surface area contributed by atoms with Crippen LogP contribution in [0.3, 0.4) is 0 Å². The molecule has 0 N–H and O–H groups in total. The van der Waals surface area contributed by atoms with Gasteiger partial charge in [0.25, 0.3) is 0 Å². The van der Waals surface area contributed by atoms with Gasteiger partial charge in [-0.2, -0.15) is 0 Å². The molecule has 2 aliphatic carbocycles. The Bertz CT molecular complexity index is 2070. The molecular formula is C43H50Cl2SiZr. The first-order chi connectivity index (χ1) is 21.0. The van der Waals surface area contributed by atoms with Crippen molar-refractivity contribution in [3.8, 4) is 22.3 Å². The van der Waals surface area contributed by atoms with Crippen molar-refractivity contribution in [2.45, 2.75) is 75.8 Å². The van der Waals surface area contributed by atoms with Gasteiger partial charge in [0, 0.05) is 0 Å². The van der Waals surface area contributed by atoms with Crippen LogP contribution in [0.4, 0.5) is 0 Å². The Balaban J connectivity index is 0.00000217. The Morgan fingerprint density at radius 3 is 1.64 bits per heavy atom. The summed E-state index contributed by atoms with van der Waals surface area (Å²) in [5.41, 5.74) is 16.5. The van der Waals surface area contributed by atoms with Crippen molar-refractivity contribution in [3.63, 3.8) is 0 Å². The fourth-order valence-electron chi connectivity index (χ4n) is 8.89. The van der Waals surface area contributed by atoms with Gasteiger partial charge in [-0.05, 0) is 0 Å². The van der Waals surface area contributed by atoms with Gasteiger partial charge in [-0.3, -0.25) is 0 Å². The Hall–Kier alpha value is -2.22. The number of allylic oxidation sites excluding steroid dienone is 1. The molecule has 0 saturated heterocycles. The monoisotopic (exact) mass is 754 g/mol. The summed E-state index contributed by atoms with van der Waals surface area (Å²) >= 11 is -3.78. The zero-order chi connectivity index (χ0) is 32.1. The van der Waals surface area contributed by atoms with E-state index in [9.17, 15) is 0 Å². The molecule has 0 radical (unpaired) electrons. The Labute approximate surface area is 297 Å². The molecule has 0 aliphatic heterocycles. The van der Waals surface area contributed by atoms with E-state index in [2.05, 4.69) is 168 Å². The standard InChI is InChI=1S/C21H25.C20H15.2CH3.2ClH.H2Si.Zr/c1-20(2,3)16-7-9-18-14(12-16)11-15-13-17(21(4,5)6)8-10-19(15)18;1-14-12-16-8-5-11-19(20(16)13-14)18-10-4-7-15-6-2-3-9-17(15)18;;;;;;/h7-13H,1-6H3;2-13H,1H3;2*1H3;2*1H;1H2;. The second-order valence-corrected chi connectivity index (χ2v) is 47.6. The molecule has 5 aromatic carbocycles. The van der Waals surface area contributed by atoms with Crippen molar-refractivity contribution in [1.82, 2.24) is 0 Å². The van der Waals surface area contributed by atoms with Crippen molar-refractivity contribution in [2.24, 2.45) is 0 Å². The summed E-state index contributed by atoms with van der Waals surface area (Å²) in [7, 11) is 0. The molecule has 47 heavy (non-hydrogen) atoms. The fraction of sp³-hybridized carbons (Fsp3) is 0.302. The summed E-state index contributed by atoms with van der Waals surface area (Å²) in [5.74, 6) is 0. The molecule has 244 valence electrons. The minimum absolute atomic E-state index is 0. The molecule has 0 nitrogen and oxygen atoms in total. The number of hydrogen-bond donors (Lipinski definition) is 0. The molecule has 2 aliphatic rings. The first kappa shape index (κ1) is 36.1. The van der Waals surface area contributed by atoms with E-state index >= 15 is 0 Å². The molecule has 0 saturated carbocycles. The van der Waals surface area contributed by atoms with Gasteiger partial charge >= 0.3 is 275 Å². The fourth-order valence-corrected chi connectivity index (χ4v) is 28.7. The average Bonchev–Trinajstić information content (AvgIpc) is 3.50. The Morgan fingerprint density at radius 1 is 0.553 bits per heavy atom. The van der Waals surface area contributed by atoms with E-state index in [1.807, 2.05) is 0 Å². The van der Waals surface area contributed by atoms with Crippen molar-refractivity contribution < 1.29 is 17.4 Å². The summed E-state index contributed by atoms with van der Waals surface area (Å²) in [6.45, 7) is 19.0. The Morgan fingerprint density at radius 2 is 1.06 bits per heavy atom. The summed E-state index contributed by atoms with van der Waals surface area (Å²) < 4.78 is 6.49. The molecule has 7 rings (SSSR count). The van der Waals surface area contributed by atoms with Gasteiger partial charge in [0.2, 0.25) is 0 Å². The number of halogens is 2. The predicted molar refractivity (Wildman–Crippen MR) is 212 cm³/mol. The van der Waals surface area contributed by atoms with E-state index in [1.54, 1.807) is 22.3 Å². The van der Waals surface area contributed by atoms with Crippen molar-refractivity contribution in [3.05, 3.63) is 136 Å². The molecule has 0 bridgehead atoms. The quantitative estimate of drug-likeness (QED) is 0.161. The van der Waals surface area contributed by atoms with Gasteiger partial charge < -0.3 is 0 Å². The van der Waals surface area contributed by atoms with Gasteiger partial charge in [-0.25, -0.2) is 0 Å².